The van der Waals surface area contributed by atoms with Gasteiger partial charge in [-0.15, -0.1) is 0 Å². The number of nitrogens with zero attached hydrogens (tertiary/aromatic N) is 3. The number of halogens is 1. The highest BCUT2D eigenvalue weighted by Gasteiger charge is 2.28. The smallest absolute Gasteiger partial charge is 0.142 e. The van der Waals surface area contributed by atoms with Crippen LogP contribution in [0.1, 0.15) is 31.2 Å². The van der Waals surface area contributed by atoms with Gasteiger partial charge in [0, 0.05) is 12.7 Å². The minimum atomic E-state index is -0.783. The van der Waals surface area contributed by atoms with Gasteiger partial charge in [-0.25, -0.2) is 14.4 Å². The number of imidazole rings is 1. The number of aromatic amines is 1. The Morgan fingerprint density at radius 1 is 1.19 bits per heavy atom. The first-order valence-electron chi connectivity index (χ1n) is 9.32. The van der Waals surface area contributed by atoms with Crippen molar-refractivity contribution in [1.29, 1.82) is 0 Å². The standard InChI is InChI=1S/C21H21FN4/c22-15-10-12-26(13-15)21-19(16(9-11-23-21)14-5-1-2-6-14)20-24-17-7-3-4-8-18(17)25-20/h3-5,7-9,11,15H,1-2,6,10,12-13H2,(H,24,25)/t15-/m0/s1. The largest absolute Gasteiger partial charge is 0.353 e. The predicted octanol–water partition coefficient (Wildman–Crippen LogP) is 4.74. The van der Waals surface area contributed by atoms with Gasteiger partial charge >= 0.3 is 0 Å². The molecule has 1 N–H and O–H groups in total. The molecule has 0 amide bonds. The number of H-pyrrole nitrogens is 1. The van der Waals surface area contributed by atoms with Gasteiger partial charge in [-0.3, -0.25) is 0 Å². The third-order valence-electron chi connectivity index (χ3n) is 5.37. The Morgan fingerprint density at radius 2 is 2.12 bits per heavy atom. The first-order chi connectivity index (χ1) is 12.8. The molecule has 5 rings (SSSR count). The second-order valence-electron chi connectivity index (χ2n) is 7.11. The van der Waals surface area contributed by atoms with Crippen LogP contribution in [0, 0.1) is 0 Å². The van der Waals surface area contributed by atoms with Gasteiger partial charge in [0.1, 0.15) is 17.8 Å². The van der Waals surface area contributed by atoms with E-state index < -0.39 is 6.17 Å². The van der Waals surface area contributed by atoms with Crippen LogP contribution in [-0.2, 0) is 0 Å². The van der Waals surface area contributed by atoms with Crippen molar-refractivity contribution in [2.24, 2.45) is 0 Å². The highest BCUT2D eigenvalue weighted by atomic mass is 19.1. The van der Waals surface area contributed by atoms with E-state index in [9.17, 15) is 4.39 Å². The summed E-state index contributed by atoms with van der Waals surface area (Å²) in [6.07, 6.45) is 7.31. The fourth-order valence-electron chi connectivity index (χ4n) is 4.09. The van der Waals surface area contributed by atoms with Crippen LogP contribution < -0.4 is 4.90 Å². The topological polar surface area (TPSA) is 44.8 Å². The number of pyridine rings is 1. The molecule has 1 fully saturated rings. The van der Waals surface area contributed by atoms with Crippen LogP contribution in [0.3, 0.4) is 0 Å². The number of alkyl halides is 1. The van der Waals surface area contributed by atoms with Crippen molar-refractivity contribution in [3.8, 4) is 11.4 Å². The summed E-state index contributed by atoms with van der Waals surface area (Å²) in [5, 5.41) is 0. The van der Waals surface area contributed by atoms with Crippen molar-refractivity contribution in [2.45, 2.75) is 31.9 Å². The molecule has 1 aliphatic carbocycles. The SMILES string of the molecule is F[C@H]1CCN(c2nccc(C3=CCCC3)c2-c2nc3ccccc3[nH]2)C1. The highest BCUT2D eigenvalue weighted by Crippen LogP contribution is 2.40. The first kappa shape index (κ1) is 15.6. The second kappa shape index (κ2) is 6.24. The molecule has 1 saturated heterocycles. The Kier molecular flexibility index (Phi) is 3.73. The van der Waals surface area contributed by atoms with Crippen molar-refractivity contribution in [3.63, 3.8) is 0 Å². The molecule has 1 aliphatic heterocycles. The molecule has 0 radical (unpaired) electrons. The Hall–Kier alpha value is -2.69. The second-order valence-corrected chi connectivity index (χ2v) is 7.11. The van der Waals surface area contributed by atoms with Gasteiger partial charge in [0.25, 0.3) is 0 Å². The predicted molar refractivity (Wildman–Crippen MR) is 103 cm³/mol. The lowest BCUT2D eigenvalue weighted by molar-refractivity contribution is 0.364. The number of nitrogens with one attached hydrogen (secondary N) is 1. The van der Waals surface area contributed by atoms with E-state index in [0.29, 0.717) is 19.5 Å². The number of benzene rings is 1. The highest BCUT2D eigenvalue weighted by molar-refractivity contribution is 5.89. The average molecular weight is 348 g/mol. The molecule has 3 aromatic rings. The quantitative estimate of drug-likeness (QED) is 0.743. The van der Waals surface area contributed by atoms with Crippen molar-refractivity contribution in [3.05, 3.63) is 48.2 Å². The van der Waals surface area contributed by atoms with E-state index in [0.717, 1.165) is 41.1 Å². The molecule has 1 aromatic carbocycles. The monoisotopic (exact) mass is 348 g/mol. The van der Waals surface area contributed by atoms with Gasteiger partial charge in [-0.1, -0.05) is 18.2 Å². The lowest BCUT2D eigenvalue weighted by atomic mass is 9.99. The number of hydrogen-bond donors (Lipinski definition) is 1. The summed E-state index contributed by atoms with van der Waals surface area (Å²) in [4.78, 5) is 15.0. The van der Waals surface area contributed by atoms with Crippen LogP contribution in [0.4, 0.5) is 10.2 Å². The minimum absolute atomic E-state index is 0.405. The molecule has 4 nitrogen and oxygen atoms in total. The van der Waals surface area contributed by atoms with Crippen molar-refractivity contribution in [2.75, 3.05) is 18.0 Å². The summed E-state index contributed by atoms with van der Waals surface area (Å²) in [5.74, 6) is 1.66. The van der Waals surface area contributed by atoms with Crippen LogP contribution in [0.25, 0.3) is 28.0 Å². The van der Waals surface area contributed by atoms with E-state index in [1.807, 2.05) is 30.5 Å². The summed E-state index contributed by atoms with van der Waals surface area (Å²) in [7, 11) is 0. The summed E-state index contributed by atoms with van der Waals surface area (Å²) >= 11 is 0. The van der Waals surface area contributed by atoms with Crippen LogP contribution in [-0.4, -0.2) is 34.2 Å². The van der Waals surface area contributed by atoms with Crippen LogP contribution in [0.15, 0.2) is 42.6 Å². The first-order valence-corrected chi connectivity index (χ1v) is 9.32. The molecule has 0 bridgehead atoms. The summed E-state index contributed by atoms with van der Waals surface area (Å²) in [5.41, 5.74) is 5.47. The van der Waals surface area contributed by atoms with Gasteiger partial charge in [-0.05, 0) is 55.0 Å². The Labute approximate surface area is 151 Å². The van der Waals surface area contributed by atoms with E-state index in [1.165, 1.54) is 17.6 Å². The molecule has 0 spiro atoms. The lowest BCUT2D eigenvalue weighted by Crippen LogP contribution is -2.22. The van der Waals surface area contributed by atoms with Crippen LogP contribution in [0.5, 0.6) is 0 Å². The maximum absolute atomic E-state index is 13.9. The summed E-state index contributed by atoms with van der Waals surface area (Å²) < 4.78 is 13.9. The molecule has 26 heavy (non-hydrogen) atoms. The minimum Gasteiger partial charge on any atom is -0.353 e. The van der Waals surface area contributed by atoms with E-state index in [-0.39, 0.29) is 0 Å². The number of hydrogen-bond acceptors (Lipinski definition) is 3. The van der Waals surface area contributed by atoms with Crippen LogP contribution in [0.2, 0.25) is 0 Å². The molecule has 0 saturated carbocycles. The normalized spacial score (nSPS) is 20.1. The molecule has 3 heterocycles. The molecule has 5 heteroatoms. The fourth-order valence-corrected chi connectivity index (χ4v) is 4.09. The maximum Gasteiger partial charge on any atom is 0.142 e. The van der Waals surface area contributed by atoms with Crippen LogP contribution >= 0.6 is 0 Å². The summed E-state index contributed by atoms with van der Waals surface area (Å²) in [6.45, 7) is 1.10. The van der Waals surface area contributed by atoms with E-state index >= 15 is 0 Å². The van der Waals surface area contributed by atoms with Gasteiger partial charge in [0.15, 0.2) is 0 Å². The lowest BCUT2D eigenvalue weighted by Gasteiger charge is -2.21. The average Bonchev–Trinajstić information content (AvgIpc) is 3.41. The molecular weight excluding hydrogens is 327 g/mol. The Morgan fingerprint density at radius 3 is 2.88 bits per heavy atom. The number of anilines is 1. The van der Waals surface area contributed by atoms with Crippen molar-refractivity contribution >= 4 is 22.4 Å². The number of fused-ring (bicyclic) bond motifs is 1. The van der Waals surface area contributed by atoms with Crippen molar-refractivity contribution in [1.82, 2.24) is 15.0 Å². The molecule has 2 aromatic heterocycles. The number of para-hydroxylation sites is 2. The molecule has 0 unspecified atom stereocenters. The number of allylic oxidation sites excluding steroid dienone is 2. The van der Waals surface area contributed by atoms with Crippen molar-refractivity contribution < 1.29 is 4.39 Å². The van der Waals surface area contributed by atoms with Gasteiger partial charge < -0.3 is 9.88 Å². The fraction of sp³-hybridized carbons (Fsp3) is 0.333. The molecule has 1 atom stereocenters. The zero-order chi connectivity index (χ0) is 17.5. The number of rotatable bonds is 3. The van der Waals surface area contributed by atoms with E-state index in [2.05, 4.69) is 27.0 Å². The Balaban J connectivity index is 1.71. The van der Waals surface area contributed by atoms with E-state index in [1.54, 1.807) is 0 Å². The zero-order valence-corrected chi connectivity index (χ0v) is 14.6. The molecule has 132 valence electrons. The Bertz CT molecular complexity index is 958. The summed E-state index contributed by atoms with van der Waals surface area (Å²) in [6, 6.07) is 10.1. The number of aromatic nitrogens is 3. The van der Waals surface area contributed by atoms with Gasteiger partial charge in [-0.2, -0.15) is 0 Å². The third-order valence-corrected chi connectivity index (χ3v) is 5.37. The molecule has 2 aliphatic rings. The zero-order valence-electron chi connectivity index (χ0n) is 14.6. The van der Waals surface area contributed by atoms with Gasteiger partial charge in [0.2, 0.25) is 0 Å². The molecular formula is C21H21FN4. The van der Waals surface area contributed by atoms with E-state index in [4.69, 9.17) is 4.98 Å². The maximum atomic E-state index is 13.9. The third kappa shape index (κ3) is 2.59. The van der Waals surface area contributed by atoms with Gasteiger partial charge in [0.05, 0.1) is 23.1 Å².